The van der Waals surface area contributed by atoms with Crippen molar-refractivity contribution in [3.05, 3.63) is 69.7 Å². The molecule has 3 aromatic heterocycles. The van der Waals surface area contributed by atoms with Crippen LogP contribution in [0.2, 0.25) is 5.02 Å². The number of halogens is 1. The summed E-state index contributed by atoms with van der Waals surface area (Å²) in [7, 11) is 0. The van der Waals surface area contributed by atoms with Gasteiger partial charge in [0.25, 0.3) is 5.56 Å². The number of hydrogen-bond donors (Lipinski definition) is 0. The lowest BCUT2D eigenvalue weighted by Crippen LogP contribution is -2.26. The summed E-state index contributed by atoms with van der Waals surface area (Å²) in [4.78, 5) is 28.1. The molecule has 0 aliphatic rings. The van der Waals surface area contributed by atoms with E-state index in [4.69, 9.17) is 26.6 Å². The van der Waals surface area contributed by atoms with E-state index in [1.54, 1.807) is 4.57 Å². The van der Waals surface area contributed by atoms with E-state index < -0.39 is 0 Å². The lowest BCUT2D eigenvalue weighted by Gasteiger charge is -2.16. The highest BCUT2D eigenvalue weighted by molar-refractivity contribution is 6.30. The molecule has 5 rings (SSSR count). The minimum atomic E-state index is -0.0888. The Morgan fingerprint density at radius 1 is 0.967 bits per heavy atom. The molecule has 0 N–H and O–H groups in total. The average Bonchev–Trinajstić information content (AvgIpc) is 3.05. The van der Waals surface area contributed by atoms with Crippen molar-refractivity contribution in [1.29, 1.82) is 0 Å². The summed E-state index contributed by atoms with van der Waals surface area (Å²) in [5.41, 5.74) is 3.98. The Morgan fingerprint density at radius 3 is 2.30 bits per heavy atom. The largest absolute Gasteiger partial charge is 0.293 e. The highest BCUT2D eigenvalue weighted by Gasteiger charge is 2.23. The van der Waals surface area contributed by atoms with Crippen molar-refractivity contribution in [1.82, 2.24) is 24.1 Å². The first kappa shape index (κ1) is 18.8. The zero-order valence-corrected chi connectivity index (χ0v) is 17.7. The van der Waals surface area contributed by atoms with Gasteiger partial charge in [0.2, 0.25) is 0 Å². The normalized spacial score (nSPS) is 12.8. The molecule has 0 amide bonds. The molecule has 0 aliphatic carbocycles. The van der Waals surface area contributed by atoms with Crippen LogP contribution in [-0.2, 0) is 0 Å². The molecule has 0 spiro atoms. The van der Waals surface area contributed by atoms with Crippen molar-refractivity contribution >= 4 is 44.8 Å². The summed E-state index contributed by atoms with van der Waals surface area (Å²) in [6.07, 6.45) is 0.832. The van der Waals surface area contributed by atoms with Gasteiger partial charge < -0.3 is 0 Å². The third-order valence-corrected chi connectivity index (χ3v) is 5.85. The summed E-state index contributed by atoms with van der Waals surface area (Å²) < 4.78 is 3.65. The van der Waals surface area contributed by atoms with Crippen LogP contribution < -0.4 is 5.56 Å². The Hall–Kier alpha value is -3.25. The van der Waals surface area contributed by atoms with Crippen LogP contribution in [0.5, 0.6) is 0 Å². The van der Waals surface area contributed by atoms with Crippen LogP contribution in [0.3, 0.4) is 0 Å². The highest BCUT2D eigenvalue weighted by Crippen LogP contribution is 2.29. The Kier molecular flexibility index (Phi) is 4.33. The van der Waals surface area contributed by atoms with Gasteiger partial charge in [-0.15, -0.1) is 0 Å². The first-order valence-electron chi connectivity index (χ1n) is 9.95. The molecule has 150 valence electrons. The maximum absolute atomic E-state index is 13.6. The minimum Gasteiger partial charge on any atom is -0.293 e. The smallest absolute Gasteiger partial charge is 0.265 e. The van der Waals surface area contributed by atoms with Crippen LogP contribution in [0.15, 0.2) is 53.3 Å². The number of para-hydroxylation sites is 2. The van der Waals surface area contributed by atoms with Crippen molar-refractivity contribution in [3.63, 3.8) is 0 Å². The predicted octanol–water partition coefficient (Wildman–Crippen LogP) is 5.22. The van der Waals surface area contributed by atoms with E-state index in [-0.39, 0.29) is 11.6 Å². The monoisotopic (exact) mass is 417 g/mol. The molecular formula is C23H20ClN5O. The highest BCUT2D eigenvalue weighted by atomic mass is 35.5. The fourth-order valence-electron chi connectivity index (χ4n) is 3.95. The lowest BCUT2D eigenvalue weighted by atomic mass is 10.2. The number of benzene rings is 2. The maximum Gasteiger partial charge on any atom is 0.265 e. The van der Waals surface area contributed by atoms with Crippen LogP contribution in [-0.4, -0.2) is 24.1 Å². The van der Waals surface area contributed by atoms with Gasteiger partial charge in [-0.2, -0.15) is 0 Å². The topological polar surface area (TPSA) is 65.6 Å². The second kappa shape index (κ2) is 6.92. The summed E-state index contributed by atoms with van der Waals surface area (Å²) in [5.74, 6) is 0.671. The molecule has 0 unspecified atom stereocenters. The third-order valence-electron chi connectivity index (χ3n) is 5.60. The van der Waals surface area contributed by atoms with Gasteiger partial charge in [0.05, 0.1) is 11.0 Å². The Bertz CT molecular complexity index is 1480. The summed E-state index contributed by atoms with van der Waals surface area (Å²) in [6, 6.07) is 15.1. The van der Waals surface area contributed by atoms with Crippen LogP contribution in [0.1, 0.15) is 32.1 Å². The molecule has 0 saturated heterocycles. The van der Waals surface area contributed by atoms with E-state index in [0.29, 0.717) is 33.0 Å². The number of nitrogens with zero attached hydrogens (tertiary/aromatic N) is 5. The Morgan fingerprint density at radius 2 is 1.63 bits per heavy atom. The van der Waals surface area contributed by atoms with Crippen molar-refractivity contribution < 1.29 is 0 Å². The van der Waals surface area contributed by atoms with E-state index in [1.807, 2.05) is 66.9 Å². The maximum atomic E-state index is 13.6. The molecule has 5 aromatic rings. The molecule has 7 heteroatoms. The van der Waals surface area contributed by atoms with E-state index in [2.05, 4.69) is 6.92 Å². The van der Waals surface area contributed by atoms with Crippen LogP contribution in [0.25, 0.3) is 38.9 Å². The second-order valence-electron chi connectivity index (χ2n) is 7.49. The summed E-state index contributed by atoms with van der Waals surface area (Å²) >= 11 is 6.10. The molecule has 30 heavy (non-hydrogen) atoms. The molecule has 0 bridgehead atoms. The van der Waals surface area contributed by atoms with Crippen molar-refractivity contribution in [2.45, 2.75) is 33.2 Å². The number of aromatic nitrogens is 5. The molecule has 3 heterocycles. The average molecular weight is 418 g/mol. The van der Waals surface area contributed by atoms with Gasteiger partial charge in [0.15, 0.2) is 11.3 Å². The summed E-state index contributed by atoms with van der Waals surface area (Å²) in [5, 5.41) is 1.13. The van der Waals surface area contributed by atoms with Crippen molar-refractivity contribution in [3.8, 4) is 5.69 Å². The van der Waals surface area contributed by atoms with Gasteiger partial charge in [-0.3, -0.25) is 13.9 Å². The molecule has 6 nitrogen and oxygen atoms in total. The van der Waals surface area contributed by atoms with E-state index in [0.717, 1.165) is 23.1 Å². The molecule has 0 aliphatic heterocycles. The second-order valence-corrected chi connectivity index (χ2v) is 7.92. The number of aryl methyl sites for hydroxylation is 1. The van der Waals surface area contributed by atoms with E-state index >= 15 is 0 Å². The standard InChI is InChI=1S/C23H20ClN5O/c1-4-13(2)28-14(3)25-21-19(23(28)30)20-22(27-18-8-6-5-7-17(18)26-20)29(21)16-11-9-15(24)10-12-16/h5-13H,4H2,1-3H3/t13-/m1/s1. The molecule has 0 radical (unpaired) electrons. The first-order valence-corrected chi connectivity index (χ1v) is 10.3. The third kappa shape index (κ3) is 2.71. The van der Waals surface area contributed by atoms with Gasteiger partial charge in [0, 0.05) is 16.8 Å². The quantitative estimate of drug-likeness (QED) is 0.404. The van der Waals surface area contributed by atoms with Gasteiger partial charge in [0.1, 0.15) is 16.7 Å². The van der Waals surface area contributed by atoms with Gasteiger partial charge >= 0.3 is 0 Å². The minimum absolute atomic E-state index is 0.0387. The molecule has 0 saturated carbocycles. The van der Waals surface area contributed by atoms with Gasteiger partial charge in [-0.1, -0.05) is 30.7 Å². The van der Waals surface area contributed by atoms with Crippen molar-refractivity contribution in [2.75, 3.05) is 0 Å². The molecule has 2 aromatic carbocycles. The zero-order valence-electron chi connectivity index (χ0n) is 16.9. The first-order chi connectivity index (χ1) is 14.5. The number of rotatable bonds is 3. The Balaban J connectivity index is 2.01. The fourth-order valence-corrected chi connectivity index (χ4v) is 4.07. The van der Waals surface area contributed by atoms with Gasteiger partial charge in [-0.25, -0.2) is 15.0 Å². The molecular weight excluding hydrogens is 398 g/mol. The zero-order chi connectivity index (χ0) is 21.0. The molecule has 1 atom stereocenters. The lowest BCUT2D eigenvalue weighted by molar-refractivity contribution is 0.497. The summed E-state index contributed by atoms with van der Waals surface area (Å²) in [6.45, 7) is 5.96. The van der Waals surface area contributed by atoms with Gasteiger partial charge in [-0.05, 0) is 56.7 Å². The number of hydrogen-bond acceptors (Lipinski definition) is 4. The fraction of sp³-hybridized carbons (Fsp3) is 0.217. The number of fused-ring (bicyclic) bond motifs is 4. The van der Waals surface area contributed by atoms with E-state index in [1.165, 1.54) is 0 Å². The van der Waals surface area contributed by atoms with Crippen LogP contribution >= 0.6 is 11.6 Å². The SMILES string of the molecule is CC[C@@H](C)n1c(C)nc2c(c1=O)c1nc3ccccc3nc1n2-c1ccc(Cl)cc1. The van der Waals surface area contributed by atoms with E-state index in [9.17, 15) is 4.79 Å². The van der Waals surface area contributed by atoms with Crippen molar-refractivity contribution in [2.24, 2.45) is 0 Å². The predicted molar refractivity (Wildman–Crippen MR) is 121 cm³/mol. The Labute approximate surface area is 177 Å². The van der Waals surface area contributed by atoms with Crippen LogP contribution in [0.4, 0.5) is 0 Å². The molecule has 0 fully saturated rings. The van der Waals surface area contributed by atoms with Crippen LogP contribution in [0, 0.1) is 6.92 Å².